The number of sulfonamides is 1. The lowest BCUT2D eigenvalue weighted by Gasteiger charge is -2.55. The third kappa shape index (κ3) is 1.30. The van der Waals surface area contributed by atoms with E-state index in [2.05, 4.69) is 5.32 Å². The van der Waals surface area contributed by atoms with Crippen molar-refractivity contribution in [3.8, 4) is 0 Å². The van der Waals surface area contributed by atoms with Gasteiger partial charge in [-0.3, -0.25) is 0 Å². The molecule has 5 heteroatoms. The quantitative estimate of drug-likeness (QED) is 0.667. The highest BCUT2D eigenvalue weighted by molar-refractivity contribution is 7.89. The first-order chi connectivity index (χ1) is 5.96. The topological polar surface area (TPSA) is 49.4 Å². The molecule has 0 radical (unpaired) electrons. The maximum Gasteiger partial charge on any atom is 0.216 e. The molecular weight excluding hydrogens is 188 g/mol. The first-order valence-corrected chi connectivity index (χ1v) is 6.16. The number of hydrogen-bond donors (Lipinski definition) is 1. The van der Waals surface area contributed by atoms with Crippen LogP contribution >= 0.6 is 0 Å². The molecule has 0 saturated carbocycles. The van der Waals surface area contributed by atoms with E-state index in [0.717, 1.165) is 26.2 Å². The van der Waals surface area contributed by atoms with Crippen LogP contribution in [-0.4, -0.2) is 44.2 Å². The summed E-state index contributed by atoms with van der Waals surface area (Å²) in [4.78, 5) is 0. The molecule has 0 aromatic heterocycles. The zero-order valence-electron chi connectivity index (χ0n) is 8.08. The van der Waals surface area contributed by atoms with Gasteiger partial charge in [0.2, 0.25) is 10.0 Å². The zero-order chi connectivity index (χ0) is 9.69. The van der Waals surface area contributed by atoms with Gasteiger partial charge < -0.3 is 5.32 Å². The fourth-order valence-electron chi connectivity index (χ4n) is 1.88. The third-order valence-corrected chi connectivity index (χ3v) is 5.15. The predicted molar refractivity (Wildman–Crippen MR) is 50.9 cm³/mol. The maximum atomic E-state index is 11.6. The second kappa shape index (κ2) is 2.68. The summed E-state index contributed by atoms with van der Waals surface area (Å²) in [5.41, 5.74) is 0.294. The van der Waals surface area contributed by atoms with Crippen LogP contribution in [0.3, 0.4) is 0 Å². The molecule has 0 atom stereocenters. The Labute approximate surface area is 79.4 Å². The smallest absolute Gasteiger partial charge is 0.216 e. The van der Waals surface area contributed by atoms with Crippen molar-refractivity contribution in [1.82, 2.24) is 9.62 Å². The van der Waals surface area contributed by atoms with E-state index in [9.17, 15) is 8.42 Å². The van der Waals surface area contributed by atoms with Crippen molar-refractivity contribution in [2.45, 2.75) is 19.1 Å². The van der Waals surface area contributed by atoms with E-state index in [0.29, 0.717) is 5.41 Å². The molecule has 13 heavy (non-hydrogen) atoms. The van der Waals surface area contributed by atoms with Gasteiger partial charge in [-0.2, -0.15) is 0 Å². The predicted octanol–water partition coefficient (Wildman–Crippen LogP) is -0.370. The minimum atomic E-state index is -2.98. The van der Waals surface area contributed by atoms with Crippen LogP contribution in [0.5, 0.6) is 0 Å². The van der Waals surface area contributed by atoms with Crippen molar-refractivity contribution in [3.05, 3.63) is 0 Å². The van der Waals surface area contributed by atoms with Crippen LogP contribution in [-0.2, 0) is 10.0 Å². The SMILES string of the molecule is CC(C)S(=O)(=O)N1CC2(CNC2)C1. The van der Waals surface area contributed by atoms with E-state index in [-0.39, 0.29) is 5.25 Å². The summed E-state index contributed by atoms with van der Waals surface area (Å²) in [6, 6.07) is 0. The van der Waals surface area contributed by atoms with Crippen LogP contribution in [0.2, 0.25) is 0 Å². The zero-order valence-corrected chi connectivity index (χ0v) is 8.89. The highest BCUT2D eigenvalue weighted by Gasteiger charge is 2.51. The number of rotatable bonds is 2. The summed E-state index contributed by atoms with van der Waals surface area (Å²) in [7, 11) is -2.98. The van der Waals surface area contributed by atoms with E-state index in [1.807, 2.05) is 0 Å². The minimum Gasteiger partial charge on any atom is -0.315 e. The van der Waals surface area contributed by atoms with Crippen LogP contribution in [0.1, 0.15) is 13.8 Å². The molecule has 0 unspecified atom stereocenters. The van der Waals surface area contributed by atoms with Gasteiger partial charge in [0, 0.05) is 31.6 Å². The fourth-order valence-corrected chi connectivity index (χ4v) is 3.39. The largest absolute Gasteiger partial charge is 0.315 e. The summed E-state index contributed by atoms with van der Waals surface area (Å²) in [6.45, 7) is 6.88. The van der Waals surface area contributed by atoms with Gasteiger partial charge >= 0.3 is 0 Å². The van der Waals surface area contributed by atoms with Gasteiger partial charge in [-0.1, -0.05) is 0 Å². The van der Waals surface area contributed by atoms with Crippen molar-refractivity contribution in [2.75, 3.05) is 26.2 Å². The van der Waals surface area contributed by atoms with E-state index in [4.69, 9.17) is 0 Å². The normalized spacial score (nSPS) is 27.3. The minimum absolute atomic E-state index is 0.280. The summed E-state index contributed by atoms with van der Waals surface area (Å²) in [5, 5.41) is 2.90. The van der Waals surface area contributed by atoms with Gasteiger partial charge in [0.05, 0.1) is 5.25 Å². The first kappa shape index (κ1) is 9.43. The van der Waals surface area contributed by atoms with Crippen LogP contribution in [0, 0.1) is 5.41 Å². The van der Waals surface area contributed by atoms with Crippen LogP contribution in [0.25, 0.3) is 0 Å². The van der Waals surface area contributed by atoms with Gasteiger partial charge in [0.15, 0.2) is 0 Å². The lowest BCUT2D eigenvalue weighted by molar-refractivity contribution is 0.0160. The molecule has 76 valence electrons. The van der Waals surface area contributed by atoms with E-state index in [1.54, 1.807) is 18.2 Å². The Morgan fingerprint density at radius 2 is 1.85 bits per heavy atom. The molecule has 1 spiro atoms. The summed E-state index contributed by atoms with van der Waals surface area (Å²) in [5.74, 6) is 0. The van der Waals surface area contributed by atoms with Gasteiger partial charge in [-0.05, 0) is 13.8 Å². The monoisotopic (exact) mass is 204 g/mol. The molecule has 0 aromatic carbocycles. The molecule has 0 aliphatic carbocycles. The standard InChI is InChI=1S/C8H16N2O2S/c1-7(2)13(11,12)10-5-8(6-10)3-9-4-8/h7,9H,3-6H2,1-2H3. The molecule has 2 rings (SSSR count). The lowest BCUT2D eigenvalue weighted by Crippen LogP contribution is -2.72. The fraction of sp³-hybridized carbons (Fsp3) is 1.00. The van der Waals surface area contributed by atoms with Crippen molar-refractivity contribution < 1.29 is 8.42 Å². The Morgan fingerprint density at radius 3 is 2.15 bits per heavy atom. The highest BCUT2D eigenvalue weighted by atomic mass is 32.2. The Kier molecular flexibility index (Phi) is 1.94. The van der Waals surface area contributed by atoms with Crippen molar-refractivity contribution in [1.29, 1.82) is 0 Å². The van der Waals surface area contributed by atoms with E-state index >= 15 is 0 Å². The van der Waals surface area contributed by atoms with E-state index in [1.165, 1.54) is 0 Å². The van der Waals surface area contributed by atoms with Gasteiger partial charge in [-0.15, -0.1) is 0 Å². The van der Waals surface area contributed by atoms with Crippen molar-refractivity contribution >= 4 is 10.0 Å². The molecule has 0 bridgehead atoms. The summed E-state index contributed by atoms with van der Waals surface area (Å²) in [6.07, 6.45) is 0. The maximum absolute atomic E-state index is 11.6. The summed E-state index contributed by atoms with van der Waals surface area (Å²) < 4.78 is 24.9. The summed E-state index contributed by atoms with van der Waals surface area (Å²) >= 11 is 0. The average molecular weight is 204 g/mol. The molecule has 2 saturated heterocycles. The number of hydrogen-bond acceptors (Lipinski definition) is 3. The molecule has 2 fully saturated rings. The molecule has 1 N–H and O–H groups in total. The van der Waals surface area contributed by atoms with Gasteiger partial charge in [-0.25, -0.2) is 12.7 Å². The van der Waals surface area contributed by atoms with Gasteiger partial charge in [0.25, 0.3) is 0 Å². The molecule has 2 aliphatic rings. The highest BCUT2D eigenvalue weighted by Crippen LogP contribution is 2.36. The van der Waals surface area contributed by atoms with Crippen molar-refractivity contribution in [3.63, 3.8) is 0 Å². The molecule has 4 nitrogen and oxygen atoms in total. The lowest BCUT2D eigenvalue weighted by atomic mass is 9.76. The average Bonchev–Trinajstić information content (AvgIpc) is 1.78. The van der Waals surface area contributed by atoms with E-state index < -0.39 is 10.0 Å². The number of nitrogens with zero attached hydrogens (tertiary/aromatic N) is 1. The Bertz CT molecular complexity index is 298. The Hall–Kier alpha value is -0.130. The molecule has 0 aromatic rings. The first-order valence-electron chi connectivity index (χ1n) is 4.66. The van der Waals surface area contributed by atoms with Crippen LogP contribution < -0.4 is 5.32 Å². The molecule has 0 amide bonds. The molecular formula is C8H16N2O2S. The second-order valence-corrected chi connectivity index (χ2v) is 6.95. The third-order valence-electron chi connectivity index (χ3n) is 2.98. The Balaban J connectivity index is 1.99. The van der Waals surface area contributed by atoms with Crippen LogP contribution in [0.15, 0.2) is 0 Å². The Morgan fingerprint density at radius 1 is 1.31 bits per heavy atom. The van der Waals surface area contributed by atoms with Crippen LogP contribution in [0.4, 0.5) is 0 Å². The molecule has 2 aliphatic heterocycles. The van der Waals surface area contributed by atoms with Gasteiger partial charge in [0.1, 0.15) is 0 Å². The molecule has 2 heterocycles. The van der Waals surface area contributed by atoms with Crippen molar-refractivity contribution in [2.24, 2.45) is 5.41 Å². The number of nitrogens with one attached hydrogen (secondary N) is 1. The second-order valence-electron chi connectivity index (χ2n) is 4.47.